The van der Waals surface area contributed by atoms with E-state index in [1.54, 1.807) is 12.3 Å². The number of nitrogens with zero attached hydrogens (tertiary/aromatic N) is 4. The van der Waals surface area contributed by atoms with Crippen LogP contribution < -0.4 is 11.1 Å². The fourth-order valence-electron chi connectivity index (χ4n) is 2.48. The standard InChI is InChI=1S/C15H19N7O/c1-4-9(3)22-6-10(12-13(16)17-7-18-14(12)22)15(23)19-11-5-8(2)20-21-11/h5-7,9H,4H2,1-3H3,(H2,16,17,18)(H2,19,20,21,23). The van der Waals surface area contributed by atoms with Crippen molar-refractivity contribution in [2.75, 3.05) is 11.1 Å². The number of aryl methyl sites for hydroxylation is 1. The number of hydrogen-bond donors (Lipinski definition) is 3. The summed E-state index contributed by atoms with van der Waals surface area (Å²) < 4.78 is 1.96. The Labute approximate surface area is 133 Å². The average Bonchev–Trinajstić information content (AvgIpc) is 3.11. The predicted molar refractivity (Wildman–Crippen MR) is 88.2 cm³/mol. The lowest BCUT2D eigenvalue weighted by Crippen LogP contribution is -2.12. The summed E-state index contributed by atoms with van der Waals surface area (Å²) in [7, 11) is 0. The van der Waals surface area contributed by atoms with Crippen molar-refractivity contribution >= 4 is 28.6 Å². The van der Waals surface area contributed by atoms with Gasteiger partial charge in [0.15, 0.2) is 5.82 Å². The molecule has 3 aromatic heterocycles. The van der Waals surface area contributed by atoms with Crippen molar-refractivity contribution in [3.63, 3.8) is 0 Å². The third-order valence-electron chi connectivity index (χ3n) is 3.90. The Hall–Kier alpha value is -2.90. The lowest BCUT2D eigenvalue weighted by Gasteiger charge is -2.11. The second-order valence-corrected chi connectivity index (χ2v) is 5.56. The molecule has 0 aliphatic rings. The van der Waals surface area contributed by atoms with Gasteiger partial charge < -0.3 is 15.6 Å². The van der Waals surface area contributed by atoms with Crippen molar-refractivity contribution in [3.8, 4) is 0 Å². The molecule has 0 spiro atoms. The molecule has 1 atom stereocenters. The molecule has 3 aromatic rings. The molecule has 8 heteroatoms. The summed E-state index contributed by atoms with van der Waals surface area (Å²) in [5.74, 6) is 0.470. The van der Waals surface area contributed by atoms with Crippen LogP contribution in [-0.2, 0) is 0 Å². The number of aromatic nitrogens is 5. The summed E-state index contributed by atoms with van der Waals surface area (Å²) in [6.45, 7) is 6.01. The van der Waals surface area contributed by atoms with Gasteiger partial charge in [0, 0.05) is 24.0 Å². The maximum absolute atomic E-state index is 12.6. The molecule has 0 saturated heterocycles. The third-order valence-corrected chi connectivity index (χ3v) is 3.90. The topological polar surface area (TPSA) is 115 Å². The van der Waals surface area contributed by atoms with Crippen LogP contribution in [0.1, 0.15) is 42.4 Å². The first-order valence-electron chi connectivity index (χ1n) is 7.45. The maximum Gasteiger partial charge on any atom is 0.259 e. The minimum Gasteiger partial charge on any atom is -0.383 e. The Morgan fingerprint density at radius 1 is 1.48 bits per heavy atom. The smallest absolute Gasteiger partial charge is 0.259 e. The average molecular weight is 313 g/mol. The van der Waals surface area contributed by atoms with Crippen LogP contribution >= 0.6 is 0 Å². The van der Waals surface area contributed by atoms with E-state index in [2.05, 4.69) is 39.3 Å². The zero-order valence-electron chi connectivity index (χ0n) is 13.3. The Bertz CT molecular complexity index is 864. The van der Waals surface area contributed by atoms with Gasteiger partial charge in [0.2, 0.25) is 0 Å². The van der Waals surface area contributed by atoms with E-state index in [9.17, 15) is 4.79 Å². The molecule has 0 aromatic carbocycles. The van der Waals surface area contributed by atoms with E-state index in [1.165, 1.54) is 6.33 Å². The van der Waals surface area contributed by atoms with Crippen LogP contribution in [0.4, 0.5) is 11.6 Å². The molecule has 0 fully saturated rings. The molecular formula is C15H19N7O. The zero-order chi connectivity index (χ0) is 16.6. The number of fused-ring (bicyclic) bond motifs is 1. The SMILES string of the molecule is CCC(C)n1cc(C(=O)Nc2cc(C)[nH]n2)c2c(N)ncnc21. The van der Waals surface area contributed by atoms with Gasteiger partial charge in [-0.1, -0.05) is 6.92 Å². The van der Waals surface area contributed by atoms with E-state index in [0.717, 1.165) is 12.1 Å². The van der Waals surface area contributed by atoms with Crippen molar-refractivity contribution < 1.29 is 4.79 Å². The van der Waals surface area contributed by atoms with Crippen LogP contribution in [0, 0.1) is 6.92 Å². The fourth-order valence-corrected chi connectivity index (χ4v) is 2.48. The van der Waals surface area contributed by atoms with Crippen LogP contribution in [0.25, 0.3) is 11.0 Å². The van der Waals surface area contributed by atoms with Crippen LogP contribution in [-0.4, -0.2) is 30.6 Å². The maximum atomic E-state index is 12.6. The van der Waals surface area contributed by atoms with Crippen LogP contribution in [0.5, 0.6) is 0 Å². The van der Waals surface area contributed by atoms with Crippen LogP contribution in [0.15, 0.2) is 18.6 Å². The Kier molecular flexibility index (Phi) is 3.73. The van der Waals surface area contributed by atoms with Crippen molar-refractivity contribution in [2.24, 2.45) is 0 Å². The van der Waals surface area contributed by atoms with E-state index in [1.807, 2.05) is 11.5 Å². The summed E-state index contributed by atoms with van der Waals surface area (Å²) in [5.41, 5.74) is 7.95. The van der Waals surface area contributed by atoms with Gasteiger partial charge >= 0.3 is 0 Å². The Morgan fingerprint density at radius 2 is 2.26 bits per heavy atom. The number of carbonyl (C=O) groups excluding carboxylic acids is 1. The molecule has 120 valence electrons. The Morgan fingerprint density at radius 3 is 2.91 bits per heavy atom. The molecule has 4 N–H and O–H groups in total. The molecule has 0 radical (unpaired) electrons. The minimum absolute atomic E-state index is 0.195. The number of carbonyl (C=O) groups is 1. The van der Waals surface area contributed by atoms with Crippen molar-refractivity contribution in [1.82, 2.24) is 24.7 Å². The first kappa shape index (κ1) is 15.0. The van der Waals surface area contributed by atoms with E-state index >= 15 is 0 Å². The summed E-state index contributed by atoms with van der Waals surface area (Å²) in [5, 5.41) is 10.1. The number of nitrogen functional groups attached to an aromatic ring is 1. The van der Waals surface area contributed by atoms with Gasteiger partial charge in [0.1, 0.15) is 17.8 Å². The summed E-state index contributed by atoms with van der Waals surface area (Å²) in [6.07, 6.45) is 4.10. The summed E-state index contributed by atoms with van der Waals surface area (Å²) in [4.78, 5) is 20.9. The predicted octanol–water partition coefficient (Wildman–Crippen LogP) is 2.27. The molecule has 0 bridgehead atoms. The number of amides is 1. The van der Waals surface area contributed by atoms with E-state index < -0.39 is 0 Å². The van der Waals surface area contributed by atoms with Gasteiger partial charge in [0.05, 0.1) is 10.9 Å². The van der Waals surface area contributed by atoms with Gasteiger partial charge in [-0.25, -0.2) is 9.97 Å². The monoisotopic (exact) mass is 313 g/mol. The third kappa shape index (κ3) is 2.63. The highest BCUT2D eigenvalue weighted by Crippen LogP contribution is 2.28. The lowest BCUT2D eigenvalue weighted by molar-refractivity contribution is 0.102. The van der Waals surface area contributed by atoms with E-state index in [4.69, 9.17) is 5.73 Å². The Balaban J connectivity index is 2.07. The highest BCUT2D eigenvalue weighted by Gasteiger charge is 2.21. The summed E-state index contributed by atoms with van der Waals surface area (Å²) in [6, 6.07) is 1.95. The number of nitrogens with one attached hydrogen (secondary N) is 2. The van der Waals surface area contributed by atoms with Crippen molar-refractivity contribution in [2.45, 2.75) is 33.2 Å². The molecule has 23 heavy (non-hydrogen) atoms. The number of anilines is 2. The largest absolute Gasteiger partial charge is 0.383 e. The fraction of sp³-hybridized carbons (Fsp3) is 0.333. The molecule has 0 aliphatic heterocycles. The molecule has 3 rings (SSSR count). The van der Waals surface area contributed by atoms with Crippen LogP contribution in [0.2, 0.25) is 0 Å². The molecule has 8 nitrogen and oxygen atoms in total. The number of aromatic amines is 1. The minimum atomic E-state index is -0.287. The van der Waals surface area contributed by atoms with E-state index in [-0.39, 0.29) is 11.9 Å². The van der Waals surface area contributed by atoms with Gasteiger partial charge in [0.25, 0.3) is 5.91 Å². The van der Waals surface area contributed by atoms with Crippen molar-refractivity contribution in [1.29, 1.82) is 0 Å². The quantitative estimate of drug-likeness (QED) is 0.683. The lowest BCUT2D eigenvalue weighted by atomic mass is 10.2. The van der Waals surface area contributed by atoms with Gasteiger partial charge in [-0.05, 0) is 20.3 Å². The number of nitrogens with two attached hydrogens (primary N) is 1. The molecule has 1 unspecified atom stereocenters. The van der Waals surface area contributed by atoms with Crippen LogP contribution in [0.3, 0.4) is 0 Å². The normalized spacial score (nSPS) is 12.5. The zero-order valence-corrected chi connectivity index (χ0v) is 13.3. The number of rotatable bonds is 4. The second kappa shape index (κ2) is 5.71. The molecule has 3 heterocycles. The highest BCUT2D eigenvalue weighted by molar-refractivity contribution is 6.14. The van der Waals surface area contributed by atoms with Crippen molar-refractivity contribution in [3.05, 3.63) is 29.8 Å². The van der Waals surface area contributed by atoms with Gasteiger partial charge in [-0.15, -0.1) is 0 Å². The molecule has 0 saturated carbocycles. The summed E-state index contributed by atoms with van der Waals surface area (Å²) >= 11 is 0. The molecule has 1 amide bonds. The molecular weight excluding hydrogens is 294 g/mol. The van der Waals surface area contributed by atoms with Gasteiger partial charge in [-0.3, -0.25) is 9.89 Å². The highest BCUT2D eigenvalue weighted by atomic mass is 16.1. The first-order valence-corrected chi connectivity index (χ1v) is 7.45. The second-order valence-electron chi connectivity index (χ2n) is 5.56. The number of hydrogen-bond acceptors (Lipinski definition) is 5. The molecule has 0 aliphatic carbocycles. The van der Waals surface area contributed by atoms with Gasteiger partial charge in [-0.2, -0.15) is 5.10 Å². The first-order chi connectivity index (χ1) is 11.0. The number of H-pyrrole nitrogens is 1. The van der Waals surface area contributed by atoms with E-state index in [0.29, 0.717) is 28.2 Å².